The van der Waals surface area contributed by atoms with E-state index in [9.17, 15) is 0 Å². The maximum absolute atomic E-state index is 5.96. The lowest BCUT2D eigenvalue weighted by Gasteiger charge is -2.28. The number of hydrogen-bond acceptors (Lipinski definition) is 2. The van der Waals surface area contributed by atoms with E-state index in [4.69, 9.17) is 17.2 Å². The van der Waals surface area contributed by atoms with Crippen molar-refractivity contribution in [1.29, 1.82) is 0 Å². The molecule has 2 aromatic carbocycles. The second-order valence-corrected chi connectivity index (χ2v) is 10.6. The van der Waals surface area contributed by atoms with Crippen molar-refractivity contribution >= 4 is 23.0 Å². The molecule has 4 nitrogen and oxygen atoms in total. The number of aromatic nitrogens is 2. The van der Waals surface area contributed by atoms with Gasteiger partial charge in [0.15, 0.2) is 5.11 Å². The Morgan fingerprint density at radius 1 is 0.917 bits per heavy atom. The Labute approximate surface area is 220 Å². The SMILES string of the molecule is Cc1ccc(C)c(-n2c(C)cc(C3C(c4ccccn4)NC(=S)N3c3ccc(C(C)C)cc3)c2C)c1. The molecule has 4 aromatic rings. The van der Waals surface area contributed by atoms with E-state index in [-0.39, 0.29) is 12.1 Å². The molecular formula is C31H34N4S. The molecule has 36 heavy (non-hydrogen) atoms. The summed E-state index contributed by atoms with van der Waals surface area (Å²) >= 11 is 5.96. The topological polar surface area (TPSA) is 33.1 Å². The fourth-order valence-electron chi connectivity index (χ4n) is 5.39. The second-order valence-electron chi connectivity index (χ2n) is 10.2. The molecule has 0 bridgehead atoms. The first-order valence-electron chi connectivity index (χ1n) is 12.6. The van der Waals surface area contributed by atoms with Gasteiger partial charge in [0.25, 0.3) is 0 Å². The average Bonchev–Trinajstić information content (AvgIpc) is 3.36. The molecule has 2 aromatic heterocycles. The van der Waals surface area contributed by atoms with Gasteiger partial charge in [0.1, 0.15) is 0 Å². The van der Waals surface area contributed by atoms with Gasteiger partial charge in [0.05, 0.1) is 17.8 Å². The van der Waals surface area contributed by atoms with Gasteiger partial charge in [-0.1, -0.05) is 44.2 Å². The van der Waals surface area contributed by atoms with Crippen LogP contribution in [0.3, 0.4) is 0 Å². The molecule has 2 atom stereocenters. The van der Waals surface area contributed by atoms with Crippen LogP contribution in [0, 0.1) is 27.7 Å². The molecule has 0 saturated carbocycles. The number of anilines is 1. The number of pyridine rings is 1. The summed E-state index contributed by atoms with van der Waals surface area (Å²) in [6.07, 6.45) is 1.86. The zero-order chi connectivity index (χ0) is 25.6. The minimum Gasteiger partial charge on any atom is -0.351 e. The van der Waals surface area contributed by atoms with Crippen molar-refractivity contribution in [2.75, 3.05) is 4.90 Å². The number of nitrogens with zero attached hydrogens (tertiary/aromatic N) is 3. The standard InChI is InChI=1S/C31H34N4S/c1-19(2)24-12-14-25(15-13-24)35-30(29(33-31(35)36)27-9-7-8-16-32-27)26-18-22(5)34(23(26)6)28-17-20(3)10-11-21(28)4/h7-19,29-30H,1-6H3,(H,33,36). The van der Waals surface area contributed by atoms with Gasteiger partial charge in [0.2, 0.25) is 0 Å². The Balaban J connectivity index is 1.67. The predicted molar refractivity (Wildman–Crippen MR) is 153 cm³/mol. The van der Waals surface area contributed by atoms with Crippen LogP contribution in [-0.2, 0) is 0 Å². The lowest BCUT2D eigenvalue weighted by atomic mass is 9.96. The van der Waals surface area contributed by atoms with E-state index in [0.717, 1.165) is 16.5 Å². The summed E-state index contributed by atoms with van der Waals surface area (Å²) in [5, 5.41) is 4.33. The molecule has 1 fully saturated rings. The van der Waals surface area contributed by atoms with Crippen LogP contribution in [0.25, 0.3) is 5.69 Å². The molecule has 0 radical (unpaired) electrons. The number of benzene rings is 2. The van der Waals surface area contributed by atoms with Crippen molar-refractivity contribution in [3.8, 4) is 5.69 Å². The molecule has 0 spiro atoms. The molecule has 184 valence electrons. The van der Waals surface area contributed by atoms with Crippen LogP contribution in [-0.4, -0.2) is 14.7 Å². The summed E-state index contributed by atoms with van der Waals surface area (Å²) in [5.74, 6) is 0.483. The molecule has 1 N–H and O–H groups in total. The van der Waals surface area contributed by atoms with E-state index < -0.39 is 0 Å². The average molecular weight is 495 g/mol. The first kappa shape index (κ1) is 24.3. The van der Waals surface area contributed by atoms with Crippen LogP contribution < -0.4 is 10.2 Å². The monoisotopic (exact) mass is 494 g/mol. The van der Waals surface area contributed by atoms with Crippen LogP contribution >= 0.6 is 12.2 Å². The minimum absolute atomic E-state index is 0.0256. The third-order valence-electron chi connectivity index (χ3n) is 7.33. The van der Waals surface area contributed by atoms with E-state index >= 15 is 0 Å². The third kappa shape index (κ3) is 4.22. The lowest BCUT2D eigenvalue weighted by Crippen LogP contribution is -2.29. The molecule has 5 rings (SSSR count). The van der Waals surface area contributed by atoms with Gasteiger partial charge in [-0.15, -0.1) is 0 Å². The quantitative estimate of drug-likeness (QED) is 0.293. The van der Waals surface area contributed by atoms with Gasteiger partial charge in [-0.25, -0.2) is 0 Å². The van der Waals surface area contributed by atoms with E-state index in [1.54, 1.807) is 0 Å². The van der Waals surface area contributed by atoms with Gasteiger partial charge in [-0.2, -0.15) is 0 Å². The Kier molecular flexibility index (Phi) is 6.44. The molecule has 1 aliphatic heterocycles. The number of hydrogen-bond donors (Lipinski definition) is 1. The number of aryl methyl sites for hydroxylation is 3. The second kappa shape index (κ2) is 9.55. The van der Waals surface area contributed by atoms with Gasteiger partial charge in [0, 0.05) is 29.0 Å². The summed E-state index contributed by atoms with van der Waals surface area (Å²) in [7, 11) is 0. The van der Waals surface area contributed by atoms with Crippen molar-refractivity contribution in [2.45, 2.75) is 59.5 Å². The molecule has 3 heterocycles. The minimum atomic E-state index is -0.0592. The van der Waals surface area contributed by atoms with Crippen LogP contribution in [0.5, 0.6) is 0 Å². The van der Waals surface area contributed by atoms with Crippen molar-refractivity contribution in [1.82, 2.24) is 14.9 Å². The highest BCUT2D eigenvalue weighted by Gasteiger charge is 2.42. The van der Waals surface area contributed by atoms with E-state index in [1.807, 2.05) is 18.3 Å². The van der Waals surface area contributed by atoms with Gasteiger partial charge in [-0.3, -0.25) is 4.98 Å². The summed E-state index contributed by atoms with van der Waals surface area (Å²) in [5.41, 5.74) is 10.8. The third-order valence-corrected chi connectivity index (χ3v) is 7.65. The smallest absolute Gasteiger partial charge is 0.174 e. The van der Waals surface area contributed by atoms with Crippen LogP contribution in [0.15, 0.2) is 72.9 Å². The van der Waals surface area contributed by atoms with Gasteiger partial charge < -0.3 is 14.8 Å². The fraction of sp³-hybridized carbons (Fsp3) is 0.290. The van der Waals surface area contributed by atoms with Crippen molar-refractivity contribution in [3.63, 3.8) is 0 Å². The largest absolute Gasteiger partial charge is 0.351 e. The molecular weight excluding hydrogens is 460 g/mol. The van der Waals surface area contributed by atoms with E-state index in [1.165, 1.54) is 39.3 Å². The van der Waals surface area contributed by atoms with E-state index in [0.29, 0.717) is 5.92 Å². The highest BCUT2D eigenvalue weighted by molar-refractivity contribution is 7.80. The van der Waals surface area contributed by atoms with Crippen LogP contribution in [0.2, 0.25) is 0 Å². The van der Waals surface area contributed by atoms with Crippen molar-refractivity contribution in [3.05, 3.63) is 112 Å². The highest BCUT2D eigenvalue weighted by atomic mass is 32.1. The molecule has 1 aliphatic rings. The maximum atomic E-state index is 5.96. The van der Waals surface area contributed by atoms with Crippen LogP contribution in [0.1, 0.15) is 71.2 Å². The van der Waals surface area contributed by atoms with Gasteiger partial charge >= 0.3 is 0 Å². The number of rotatable bonds is 5. The Morgan fingerprint density at radius 3 is 2.33 bits per heavy atom. The first-order chi connectivity index (χ1) is 17.3. The predicted octanol–water partition coefficient (Wildman–Crippen LogP) is 7.41. The van der Waals surface area contributed by atoms with Crippen LogP contribution in [0.4, 0.5) is 5.69 Å². The number of thiocarbonyl (C=S) groups is 1. The molecule has 2 unspecified atom stereocenters. The highest BCUT2D eigenvalue weighted by Crippen LogP contribution is 2.44. The molecule has 0 amide bonds. The normalized spacial score (nSPS) is 17.6. The first-order valence-corrected chi connectivity index (χ1v) is 13.0. The van der Waals surface area contributed by atoms with Gasteiger partial charge in [-0.05, 0) is 104 Å². The zero-order valence-corrected chi connectivity index (χ0v) is 22.7. The number of nitrogens with one attached hydrogen (secondary N) is 1. The Bertz CT molecular complexity index is 1400. The van der Waals surface area contributed by atoms with Crippen molar-refractivity contribution in [2.24, 2.45) is 0 Å². The molecule has 5 heteroatoms. The Morgan fingerprint density at radius 2 is 1.67 bits per heavy atom. The summed E-state index contributed by atoms with van der Waals surface area (Å²) in [6.45, 7) is 13.2. The maximum Gasteiger partial charge on any atom is 0.174 e. The molecule has 0 aliphatic carbocycles. The lowest BCUT2D eigenvalue weighted by molar-refractivity contribution is 0.565. The summed E-state index contributed by atoms with van der Waals surface area (Å²) in [4.78, 5) is 7.00. The molecule has 1 saturated heterocycles. The van der Waals surface area contributed by atoms with Crippen molar-refractivity contribution < 1.29 is 0 Å². The summed E-state index contributed by atoms with van der Waals surface area (Å²) in [6, 6.07) is 23.8. The zero-order valence-electron chi connectivity index (χ0n) is 21.9. The fourth-order valence-corrected chi connectivity index (χ4v) is 5.73. The Hall–Kier alpha value is -3.44. The van der Waals surface area contributed by atoms with E-state index in [2.05, 4.69) is 111 Å². The summed E-state index contributed by atoms with van der Waals surface area (Å²) < 4.78 is 2.38.